The number of carboxylic acid groups (broad SMARTS) is 1. The second-order valence-electron chi connectivity index (χ2n) is 11.8. The van der Waals surface area contributed by atoms with Crippen molar-refractivity contribution in [2.75, 3.05) is 6.61 Å². The number of carbonyl (C=O) groups is 1. The molecule has 3 rings (SSSR count). The number of ether oxygens (including phenoxy) is 1. The van der Waals surface area contributed by atoms with Gasteiger partial charge in [0.15, 0.2) is 11.6 Å². The number of aryl methyl sites for hydroxylation is 1. The summed E-state index contributed by atoms with van der Waals surface area (Å²) in [6.07, 6.45) is 15.0. The van der Waals surface area contributed by atoms with E-state index in [9.17, 15) is 14.3 Å². The van der Waals surface area contributed by atoms with E-state index in [1.807, 2.05) is 37.3 Å². The van der Waals surface area contributed by atoms with E-state index in [1.165, 1.54) is 38.2 Å². The van der Waals surface area contributed by atoms with Crippen molar-refractivity contribution in [3.63, 3.8) is 0 Å². The van der Waals surface area contributed by atoms with Gasteiger partial charge in [0.25, 0.3) is 0 Å². The number of unbranched alkanes of at least 4 members (excludes halogenated alkanes) is 6. The first-order chi connectivity index (χ1) is 19.4. The van der Waals surface area contributed by atoms with Crippen molar-refractivity contribution >= 4 is 5.97 Å². The van der Waals surface area contributed by atoms with Crippen molar-refractivity contribution in [2.45, 2.75) is 122 Å². The Balaban J connectivity index is 1.49. The zero-order chi connectivity index (χ0) is 28.8. The fraction of sp³-hybridized carbons (Fsp3) is 0.629. The summed E-state index contributed by atoms with van der Waals surface area (Å²) in [5, 5.41) is 9.78. The molecule has 1 N–H and O–H groups in total. The average molecular weight is 557 g/mol. The van der Waals surface area contributed by atoms with Gasteiger partial charge in [-0.3, -0.25) is 0 Å². The number of rotatable bonds is 18. The molecule has 1 aliphatic rings. The lowest BCUT2D eigenvalue weighted by atomic mass is 9.73. The van der Waals surface area contributed by atoms with E-state index in [0.29, 0.717) is 25.2 Å². The summed E-state index contributed by atoms with van der Waals surface area (Å²) in [4.78, 5) is 12.0. The van der Waals surface area contributed by atoms with Gasteiger partial charge in [-0.2, -0.15) is 0 Å². The van der Waals surface area contributed by atoms with Gasteiger partial charge in [-0.1, -0.05) is 108 Å². The lowest BCUT2D eigenvalue weighted by molar-refractivity contribution is -0.158. The van der Waals surface area contributed by atoms with Gasteiger partial charge in [-0.25, -0.2) is 13.6 Å². The Kier molecular flexibility index (Phi) is 13.4. The molecule has 0 bridgehead atoms. The van der Waals surface area contributed by atoms with Crippen molar-refractivity contribution < 1.29 is 23.4 Å². The third-order valence-electron chi connectivity index (χ3n) is 8.84. The van der Waals surface area contributed by atoms with Crippen LogP contribution in [-0.2, 0) is 11.2 Å². The van der Waals surface area contributed by atoms with Crippen molar-refractivity contribution in [3.05, 3.63) is 53.8 Å². The number of aliphatic carboxylic acids is 1. The molecule has 2 aromatic carbocycles. The Bertz CT molecular complexity index is 1020. The van der Waals surface area contributed by atoms with Crippen LogP contribution in [0.2, 0.25) is 0 Å². The van der Waals surface area contributed by atoms with Gasteiger partial charge in [-0.15, -0.1) is 0 Å². The van der Waals surface area contributed by atoms with Gasteiger partial charge in [0, 0.05) is 5.92 Å². The highest BCUT2D eigenvalue weighted by Crippen LogP contribution is 2.41. The van der Waals surface area contributed by atoms with Gasteiger partial charge in [0.2, 0.25) is 5.67 Å². The van der Waals surface area contributed by atoms with Crippen molar-refractivity contribution in [2.24, 2.45) is 11.8 Å². The molecule has 0 heterocycles. The topological polar surface area (TPSA) is 46.5 Å². The molecule has 1 aliphatic carbocycles. The average Bonchev–Trinajstić information content (AvgIpc) is 2.97. The normalized spacial score (nSPS) is 16.4. The van der Waals surface area contributed by atoms with E-state index >= 15 is 4.39 Å². The van der Waals surface area contributed by atoms with Crippen molar-refractivity contribution in [1.29, 1.82) is 0 Å². The Morgan fingerprint density at radius 2 is 1.60 bits per heavy atom. The molecule has 2 atom stereocenters. The Morgan fingerprint density at radius 1 is 0.950 bits per heavy atom. The molecule has 0 radical (unpaired) electrons. The molecule has 0 spiro atoms. The Labute approximate surface area is 240 Å². The van der Waals surface area contributed by atoms with Crippen LogP contribution in [0.4, 0.5) is 8.78 Å². The first-order valence-electron chi connectivity index (χ1n) is 15.8. The van der Waals surface area contributed by atoms with Crippen LogP contribution in [0.5, 0.6) is 5.75 Å². The lowest BCUT2D eigenvalue weighted by Gasteiger charge is -2.35. The van der Waals surface area contributed by atoms with E-state index in [0.717, 1.165) is 68.1 Å². The van der Waals surface area contributed by atoms with Crippen molar-refractivity contribution in [3.8, 4) is 16.9 Å². The minimum absolute atomic E-state index is 0.0189. The van der Waals surface area contributed by atoms with Crippen LogP contribution in [0.3, 0.4) is 0 Å². The standard InChI is InChI=1S/C35H50F2O3/c1-3-5-6-7-8-9-13-24-40-33-23-22-30(25-32(33)36)29-20-18-28(19-21-29)17-16-27(4-2)26-35(37,34(38)39)31-14-11-10-12-15-31/h18-23,25,27,31H,3-17,24,26H2,1-2H3,(H,38,39)/t27?,35-/m0/s1. The quantitative estimate of drug-likeness (QED) is 0.186. The van der Waals surface area contributed by atoms with Crippen LogP contribution < -0.4 is 4.74 Å². The second kappa shape index (κ2) is 16.7. The first-order valence-corrected chi connectivity index (χ1v) is 15.8. The molecule has 2 aromatic rings. The third kappa shape index (κ3) is 9.59. The van der Waals surface area contributed by atoms with E-state index in [-0.39, 0.29) is 24.1 Å². The summed E-state index contributed by atoms with van der Waals surface area (Å²) < 4.78 is 36.2. The minimum Gasteiger partial charge on any atom is -0.491 e. The van der Waals surface area contributed by atoms with Crippen LogP contribution in [0, 0.1) is 17.7 Å². The maximum atomic E-state index is 15.8. The maximum absolute atomic E-state index is 15.8. The number of hydrogen-bond donors (Lipinski definition) is 1. The van der Waals surface area contributed by atoms with Gasteiger partial charge < -0.3 is 9.84 Å². The van der Waals surface area contributed by atoms with Crippen LogP contribution in [0.15, 0.2) is 42.5 Å². The zero-order valence-corrected chi connectivity index (χ0v) is 24.7. The van der Waals surface area contributed by atoms with Gasteiger partial charge in [0.05, 0.1) is 6.61 Å². The molecule has 40 heavy (non-hydrogen) atoms. The minimum atomic E-state index is -2.13. The SMILES string of the molecule is CCCCCCCCCOc1ccc(-c2ccc(CCC(CC)C[C@@](F)(C(=O)O)C3CCCCC3)cc2)cc1F. The molecule has 5 heteroatoms. The highest BCUT2D eigenvalue weighted by molar-refractivity contribution is 5.77. The summed E-state index contributed by atoms with van der Waals surface area (Å²) in [6, 6.07) is 13.2. The molecule has 0 amide bonds. The maximum Gasteiger partial charge on any atom is 0.341 e. The summed E-state index contributed by atoms with van der Waals surface area (Å²) in [5.41, 5.74) is 0.725. The summed E-state index contributed by atoms with van der Waals surface area (Å²) in [6.45, 7) is 4.77. The summed E-state index contributed by atoms with van der Waals surface area (Å²) in [5.74, 6) is -1.68. The molecule has 1 saturated carbocycles. The monoisotopic (exact) mass is 556 g/mol. The predicted octanol–water partition coefficient (Wildman–Crippen LogP) is 10.3. The van der Waals surface area contributed by atoms with E-state index in [4.69, 9.17) is 4.74 Å². The Hall–Kier alpha value is -2.43. The van der Waals surface area contributed by atoms with Crippen LogP contribution in [0.1, 0.15) is 116 Å². The molecule has 3 nitrogen and oxygen atoms in total. The van der Waals surface area contributed by atoms with Crippen molar-refractivity contribution in [1.82, 2.24) is 0 Å². The lowest BCUT2D eigenvalue weighted by Crippen LogP contribution is -2.44. The molecule has 0 aromatic heterocycles. The fourth-order valence-electron chi connectivity index (χ4n) is 6.13. The molecule has 1 unspecified atom stereocenters. The largest absolute Gasteiger partial charge is 0.491 e. The fourth-order valence-corrected chi connectivity index (χ4v) is 6.13. The second-order valence-corrected chi connectivity index (χ2v) is 11.8. The highest BCUT2D eigenvalue weighted by atomic mass is 19.1. The molecule has 222 valence electrons. The molecule has 0 aliphatic heterocycles. The number of carboxylic acids is 1. The summed E-state index contributed by atoms with van der Waals surface area (Å²) in [7, 11) is 0. The van der Waals surface area contributed by atoms with Crippen LogP contribution in [-0.4, -0.2) is 23.4 Å². The molecular formula is C35H50F2O3. The highest BCUT2D eigenvalue weighted by Gasteiger charge is 2.47. The first kappa shape index (κ1) is 32.1. The number of benzene rings is 2. The summed E-state index contributed by atoms with van der Waals surface area (Å²) >= 11 is 0. The smallest absolute Gasteiger partial charge is 0.341 e. The predicted molar refractivity (Wildman–Crippen MR) is 160 cm³/mol. The van der Waals surface area contributed by atoms with E-state index in [1.54, 1.807) is 6.07 Å². The van der Waals surface area contributed by atoms with Gasteiger partial charge >= 0.3 is 5.97 Å². The van der Waals surface area contributed by atoms with E-state index in [2.05, 4.69) is 6.92 Å². The van der Waals surface area contributed by atoms with Crippen LogP contribution in [0.25, 0.3) is 11.1 Å². The number of halogens is 2. The molecular weight excluding hydrogens is 506 g/mol. The number of alkyl halides is 1. The van der Waals surface area contributed by atoms with Gasteiger partial charge in [-0.05, 0) is 73.3 Å². The van der Waals surface area contributed by atoms with E-state index < -0.39 is 11.6 Å². The van der Waals surface area contributed by atoms with Crippen LogP contribution >= 0.6 is 0 Å². The third-order valence-corrected chi connectivity index (χ3v) is 8.84. The molecule has 1 fully saturated rings. The number of hydrogen-bond acceptors (Lipinski definition) is 2. The Morgan fingerprint density at radius 3 is 2.23 bits per heavy atom. The molecule has 0 saturated heterocycles. The zero-order valence-electron chi connectivity index (χ0n) is 24.7. The van der Waals surface area contributed by atoms with Gasteiger partial charge in [0.1, 0.15) is 0 Å².